The van der Waals surface area contributed by atoms with Gasteiger partial charge in [-0.05, 0) is 19.2 Å². The summed E-state index contributed by atoms with van der Waals surface area (Å²) < 4.78 is 3.03. The maximum absolute atomic E-state index is 12.2. The van der Waals surface area contributed by atoms with E-state index < -0.39 is 0 Å². The van der Waals surface area contributed by atoms with Crippen LogP contribution in [0.5, 0.6) is 0 Å². The van der Waals surface area contributed by atoms with Crippen molar-refractivity contribution in [2.75, 3.05) is 37.9 Å². The molecular weight excluding hydrogens is 342 g/mol. The van der Waals surface area contributed by atoms with Gasteiger partial charge in [0.05, 0.1) is 17.3 Å². The first kappa shape index (κ1) is 16.8. The number of hydrogen-bond acceptors (Lipinski definition) is 7. The highest BCUT2D eigenvalue weighted by Gasteiger charge is 2.19. The first-order chi connectivity index (χ1) is 11.7. The van der Waals surface area contributed by atoms with Gasteiger partial charge in [0.2, 0.25) is 0 Å². The highest BCUT2D eigenvalue weighted by Crippen LogP contribution is 2.27. The normalized spacial score (nSPS) is 15.1. The van der Waals surface area contributed by atoms with Crippen LogP contribution in [0.15, 0.2) is 29.6 Å². The number of rotatable bonds is 3. The summed E-state index contributed by atoms with van der Waals surface area (Å²) in [7, 11) is 2.06. The van der Waals surface area contributed by atoms with E-state index in [4.69, 9.17) is 5.26 Å². The molecule has 1 aliphatic rings. The largest absolute Gasteiger partial charge is 0.330 e. The average Bonchev–Trinajstić information content (AvgIpc) is 3.09. The summed E-state index contributed by atoms with van der Waals surface area (Å²) in [6.45, 7) is 3.34. The minimum absolute atomic E-state index is 0.0261. The summed E-state index contributed by atoms with van der Waals surface area (Å²) in [6, 6.07) is 9.39. The number of carbonyl (C=O) groups excluding carboxylic acids is 1. The van der Waals surface area contributed by atoms with Crippen LogP contribution >= 0.6 is 23.3 Å². The summed E-state index contributed by atoms with van der Waals surface area (Å²) in [4.78, 5) is 20.7. The van der Waals surface area contributed by atoms with Crippen molar-refractivity contribution in [3.8, 4) is 17.3 Å². The van der Waals surface area contributed by atoms with E-state index in [1.54, 1.807) is 12.1 Å². The number of benzene rings is 1. The first-order valence-corrected chi connectivity index (χ1v) is 9.21. The number of hydrogen-bond donors (Lipinski definition) is 1. The number of nitriles is 1. The van der Waals surface area contributed by atoms with E-state index in [0.717, 1.165) is 49.4 Å². The maximum atomic E-state index is 12.2. The van der Waals surface area contributed by atoms with E-state index in [9.17, 15) is 4.79 Å². The molecule has 1 N–H and O–H groups in total. The molecule has 124 valence electrons. The number of nitrogens with one attached hydrogen (secondary N) is 1. The van der Waals surface area contributed by atoms with Crippen molar-refractivity contribution < 1.29 is 4.79 Å². The van der Waals surface area contributed by atoms with E-state index >= 15 is 0 Å². The second-order valence-electron chi connectivity index (χ2n) is 5.49. The van der Waals surface area contributed by atoms with Crippen molar-refractivity contribution in [2.24, 2.45) is 0 Å². The number of piperazine rings is 1. The Hall–Kier alpha value is -2.08. The van der Waals surface area contributed by atoms with Crippen LogP contribution in [0.3, 0.4) is 0 Å². The molecule has 1 aromatic heterocycles. The molecule has 0 saturated carbocycles. The predicted octanol–water partition coefficient (Wildman–Crippen LogP) is 3.11. The standard InChI is InChI=1S/C16H17N5OS2/c1-20-6-8-21(9-7-20)16(22)24-19-15-18-14(11-23-15)13-4-2-12(10-17)3-5-13/h2-5,11H,6-9H2,1H3,(H,18,19). The molecule has 3 rings (SSSR count). The zero-order chi connectivity index (χ0) is 16.9. The average molecular weight is 359 g/mol. The number of anilines is 1. The Morgan fingerprint density at radius 1 is 1.29 bits per heavy atom. The SMILES string of the molecule is CN1CCN(C(=O)SNc2nc(-c3ccc(C#N)cc3)cs2)CC1. The van der Waals surface area contributed by atoms with E-state index in [-0.39, 0.29) is 5.24 Å². The van der Waals surface area contributed by atoms with Gasteiger partial charge < -0.3 is 9.80 Å². The van der Waals surface area contributed by atoms with E-state index in [1.807, 2.05) is 22.4 Å². The van der Waals surface area contributed by atoms with Crippen LogP contribution in [0.4, 0.5) is 9.93 Å². The smallest absolute Gasteiger partial charge is 0.302 e. The Morgan fingerprint density at radius 2 is 2.00 bits per heavy atom. The molecule has 8 heteroatoms. The third-order valence-electron chi connectivity index (χ3n) is 3.80. The second-order valence-corrected chi connectivity index (χ2v) is 7.10. The van der Waals surface area contributed by atoms with Gasteiger partial charge in [-0.3, -0.25) is 9.52 Å². The van der Waals surface area contributed by atoms with Gasteiger partial charge in [-0.25, -0.2) is 4.98 Å². The first-order valence-electron chi connectivity index (χ1n) is 7.52. The molecule has 0 atom stereocenters. The lowest BCUT2D eigenvalue weighted by Gasteiger charge is -2.31. The predicted molar refractivity (Wildman–Crippen MR) is 97.9 cm³/mol. The van der Waals surface area contributed by atoms with Crippen molar-refractivity contribution in [1.29, 1.82) is 5.26 Å². The summed E-state index contributed by atoms with van der Waals surface area (Å²) in [5, 5.41) is 11.5. The number of aromatic nitrogens is 1. The van der Waals surface area contributed by atoms with Crippen molar-refractivity contribution >= 4 is 33.7 Å². The van der Waals surface area contributed by atoms with E-state index in [0.29, 0.717) is 10.7 Å². The maximum Gasteiger partial charge on any atom is 0.302 e. The molecule has 1 fully saturated rings. The van der Waals surface area contributed by atoms with Crippen LogP contribution < -0.4 is 4.72 Å². The van der Waals surface area contributed by atoms with Crippen molar-refractivity contribution in [3.05, 3.63) is 35.2 Å². The summed E-state index contributed by atoms with van der Waals surface area (Å²) >= 11 is 2.53. The Morgan fingerprint density at radius 3 is 2.67 bits per heavy atom. The molecule has 0 radical (unpaired) electrons. The molecule has 0 bridgehead atoms. The van der Waals surface area contributed by atoms with Crippen LogP contribution in [-0.4, -0.2) is 53.2 Å². The molecule has 1 saturated heterocycles. The molecule has 2 heterocycles. The van der Waals surface area contributed by atoms with Crippen LogP contribution in [0.2, 0.25) is 0 Å². The molecule has 0 unspecified atom stereocenters. The van der Waals surface area contributed by atoms with Crippen molar-refractivity contribution in [2.45, 2.75) is 0 Å². The van der Waals surface area contributed by atoms with Gasteiger partial charge in [-0.2, -0.15) is 5.26 Å². The Kier molecular flexibility index (Phi) is 5.35. The monoisotopic (exact) mass is 359 g/mol. The lowest BCUT2D eigenvalue weighted by atomic mass is 10.1. The van der Waals surface area contributed by atoms with E-state index in [2.05, 4.69) is 27.7 Å². The molecule has 1 aromatic carbocycles. The quantitative estimate of drug-likeness (QED) is 0.849. The Labute approximate surface area is 149 Å². The number of nitrogens with zero attached hydrogens (tertiary/aromatic N) is 4. The molecule has 0 aliphatic carbocycles. The number of likely N-dealkylation sites (N-methyl/N-ethyl adjacent to an activating group) is 1. The van der Waals surface area contributed by atoms with Crippen molar-refractivity contribution in [1.82, 2.24) is 14.8 Å². The van der Waals surface area contributed by atoms with Crippen LogP contribution in [0.1, 0.15) is 5.56 Å². The molecule has 6 nitrogen and oxygen atoms in total. The Bertz CT molecular complexity index is 745. The molecular formula is C16H17N5OS2. The van der Waals surface area contributed by atoms with Gasteiger partial charge in [0.15, 0.2) is 5.13 Å². The Balaban J connectivity index is 1.56. The van der Waals surface area contributed by atoms with Gasteiger partial charge in [-0.15, -0.1) is 11.3 Å². The summed E-state index contributed by atoms with van der Waals surface area (Å²) in [6.07, 6.45) is 0. The fraction of sp³-hybridized carbons (Fsp3) is 0.312. The van der Waals surface area contributed by atoms with Gasteiger partial charge in [-0.1, -0.05) is 12.1 Å². The highest BCUT2D eigenvalue weighted by atomic mass is 32.2. The topological polar surface area (TPSA) is 72.3 Å². The highest BCUT2D eigenvalue weighted by molar-refractivity contribution is 8.14. The molecule has 2 aromatic rings. The summed E-state index contributed by atoms with van der Waals surface area (Å²) in [5.41, 5.74) is 2.41. The van der Waals surface area contributed by atoms with Gasteiger partial charge in [0.1, 0.15) is 0 Å². The zero-order valence-corrected chi connectivity index (χ0v) is 14.9. The fourth-order valence-corrected chi connectivity index (χ4v) is 3.72. The zero-order valence-electron chi connectivity index (χ0n) is 13.2. The third-order valence-corrected chi connectivity index (χ3v) is 5.42. The van der Waals surface area contributed by atoms with Gasteiger partial charge >= 0.3 is 5.24 Å². The number of amides is 1. The third kappa shape index (κ3) is 4.06. The molecule has 1 amide bonds. The molecule has 0 spiro atoms. The molecule has 1 aliphatic heterocycles. The lowest BCUT2D eigenvalue weighted by molar-refractivity contribution is 0.172. The van der Waals surface area contributed by atoms with E-state index in [1.165, 1.54) is 11.3 Å². The van der Waals surface area contributed by atoms with Gasteiger partial charge in [0, 0.05) is 49.1 Å². The van der Waals surface area contributed by atoms with Crippen LogP contribution in [0, 0.1) is 11.3 Å². The number of thiazole rings is 1. The van der Waals surface area contributed by atoms with Crippen LogP contribution in [-0.2, 0) is 0 Å². The second kappa shape index (κ2) is 7.66. The van der Waals surface area contributed by atoms with Crippen LogP contribution in [0.25, 0.3) is 11.3 Å². The van der Waals surface area contributed by atoms with Crippen molar-refractivity contribution in [3.63, 3.8) is 0 Å². The minimum Gasteiger partial charge on any atom is -0.330 e. The lowest BCUT2D eigenvalue weighted by Crippen LogP contribution is -2.46. The summed E-state index contributed by atoms with van der Waals surface area (Å²) in [5.74, 6) is 0. The van der Waals surface area contributed by atoms with Gasteiger partial charge in [0.25, 0.3) is 0 Å². The minimum atomic E-state index is 0.0261. The number of carbonyl (C=O) groups is 1. The molecule has 24 heavy (non-hydrogen) atoms. The fourth-order valence-electron chi connectivity index (χ4n) is 2.31.